The Labute approximate surface area is 126 Å². The number of aromatic nitrogens is 2. The molecule has 1 atom stereocenters. The number of carbonyl (C=O) groups excluding carboxylic acids is 1. The van der Waals surface area contributed by atoms with E-state index in [0.29, 0.717) is 24.7 Å². The minimum Gasteiger partial charge on any atom is -0.356 e. The first kappa shape index (κ1) is 15.9. The number of nitrogens with zero attached hydrogens (tertiary/aromatic N) is 2. The zero-order valence-corrected chi connectivity index (χ0v) is 12.9. The van der Waals surface area contributed by atoms with E-state index in [1.807, 2.05) is 0 Å². The van der Waals surface area contributed by atoms with Crippen LogP contribution in [-0.4, -0.2) is 35.7 Å². The number of carbonyl (C=O) groups is 1. The standard InChI is InChI=1S/C15H26N4O2/c1-2-5-13-18-15(21-19-13)8-3-7-14(20)17-11-12-6-4-9-16-10-12/h12,16H,2-11H2,1H3,(H,17,20). The molecule has 1 aromatic heterocycles. The molecule has 2 rings (SSSR count). The molecule has 0 radical (unpaired) electrons. The second-order valence-corrected chi connectivity index (χ2v) is 5.72. The fraction of sp³-hybridized carbons (Fsp3) is 0.800. The van der Waals surface area contributed by atoms with Crippen LogP contribution in [0.25, 0.3) is 0 Å². The summed E-state index contributed by atoms with van der Waals surface area (Å²) in [4.78, 5) is 16.1. The molecule has 6 nitrogen and oxygen atoms in total. The average molecular weight is 294 g/mol. The Morgan fingerprint density at radius 3 is 3.14 bits per heavy atom. The summed E-state index contributed by atoms with van der Waals surface area (Å²) in [5.74, 6) is 2.11. The Balaban J connectivity index is 1.57. The summed E-state index contributed by atoms with van der Waals surface area (Å²) in [5.41, 5.74) is 0. The van der Waals surface area contributed by atoms with Crippen LogP contribution in [0.1, 0.15) is 50.7 Å². The fourth-order valence-electron chi connectivity index (χ4n) is 2.56. The molecule has 0 aliphatic carbocycles. The highest BCUT2D eigenvalue weighted by Gasteiger charge is 2.14. The van der Waals surface area contributed by atoms with Gasteiger partial charge < -0.3 is 15.2 Å². The van der Waals surface area contributed by atoms with E-state index in [4.69, 9.17) is 4.52 Å². The van der Waals surface area contributed by atoms with Crippen molar-refractivity contribution in [3.8, 4) is 0 Å². The van der Waals surface area contributed by atoms with Crippen molar-refractivity contribution in [1.29, 1.82) is 0 Å². The third kappa shape index (κ3) is 5.83. The highest BCUT2D eigenvalue weighted by Crippen LogP contribution is 2.09. The number of nitrogens with one attached hydrogen (secondary N) is 2. The Morgan fingerprint density at radius 2 is 2.38 bits per heavy atom. The van der Waals surface area contributed by atoms with E-state index < -0.39 is 0 Å². The van der Waals surface area contributed by atoms with Gasteiger partial charge in [-0.15, -0.1) is 0 Å². The van der Waals surface area contributed by atoms with Gasteiger partial charge in [0.2, 0.25) is 11.8 Å². The van der Waals surface area contributed by atoms with Gasteiger partial charge in [0.1, 0.15) is 0 Å². The van der Waals surface area contributed by atoms with Crippen molar-refractivity contribution in [2.75, 3.05) is 19.6 Å². The number of aryl methyl sites for hydroxylation is 2. The van der Waals surface area contributed by atoms with Crippen molar-refractivity contribution in [2.24, 2.45) is 5.92 Å². The Kier molecular flexibility index (Phi) is 6.66. The molecule has 1 aromatic rings. The largest absolute Gasteiger partial charge is 0.356 e. The summed E-state index contributed by atoms with van der Waals surface area (Å²) >= 11 is 0. The van der Waals surface area contributed by atoms with Crippen LogP contribution in [0.2, 0.25) is 0 Å². The molecule has 0 bridgehead atoms. The van der Waals surface area contributed by atoms with Gasteiger partial charge in [0.05, 0.1) is 0 Å². The lowest BCUT2D eigenvalue weighted by molar-refractivity contribution is -0.121. The van der Waals surface area contributed by atoms with Crippen molar-refractivity contribution in [3.05, 3.63) is 11.7 Å². The molecule has 1 aliphatic rings. The van der Waals surface area contributed by atoms with E-state index in [1.54, 1.807) is 0 Å². The molecule has 0 saturated carbocycles. The molecule has 1 saturated heterocycles. The normalized spacial score (nSPS) is 18.6. The Morgan fingerprint density at radius 1 is 1.48 bits per heavy atom. The van der Waals surface area contributed by atoms with Gasteiger partial charge in [-0.2, -0.15) is 4.98 Å². The topological polar surface area (TPSA) is 80.0 Å². The Bertz CT molecular complexity index is 427. The molecule has 2 N–H and O–H groups in total. The lowest BCUT2D eigenvalue weighted by Crippen LogP contribution is -2.38. The van der Waals surface area contributed by atoms with E-state index in [9.17, 15) is 4.79 Å². The summed E-state index contributed by atoms with van der Waals surface area (Å²) in [7, 11) is 0. The van der Waals surface area contributed by atoms with E-state index in [1.165, 1.54) is 12.8 Å². The lowest BCUT2D eigenvalue weighted by Gasteiger charge is -2.22. The molecular weight excluding hydrogens is 268 g/mol. The molecule has 6 heteroatoms. The van der Waals surface area contributed by atoms with E-state index in [-0.39, 0.29) is 5.91 Å². The van der Waals surface area contributed by atoms with Crippen LogP contribution in [0.5, 0.6) is 0 Å². The van der Waals surface area contributed by atoms with E-state index in [2.05, 4.69) is 27.7 Å². The van der Waals surface area contributed by atoms with Gasteiger partial charge in [-0.05, 0) is 44.7 Å². The average Bonchev–Trinajstić information content (AvgIpc) is 2.94. The zero-order valence-electron chi connectivity index (χ0n) is 12.9. The van der Waals surface area contributed by atoms with E-state index >= 15 is 0 Å². The van der Waals surface area contributed by atoms with Crippen LogP contribution >= 0.6 is 0 Å². The van der Waals surface area contributed by atoms with Crippen LogP contribution < -0.4 is 10.6 Å². The number of piperidine rings is 1. The summed E-state index contributed by atoms with van der Waals surface area (Å²) in [6.45, 7) is 4.99. The number of amides is 1. The zero-order chi connectivity index (χ0) is 14.9. The molecule has 1 amide bonds. The molecule has 1 aliphatic heterocycles. The predicted molar refractivity (Wildman–Crippen MR) is 79.8 cm³/mol. The Hall–Kier alpha value is -1.43. The van der Waals surface area contributed by atoms with E-state index in [0.717, 1.165) is 44.7 Å². The summed E-state index contributed by atoms with van der Waals surface area (Å²) in [5, 5.41) is 10.3. The van der Waals surface area contributed by atoms with Crippen LogP contribution in [0.15, 0.2) is 4.52 Å². The van der Waals surface area contributed by atoms with Gasteiger partial charge in [-0.1, -0.05) is 12.1 Å². The molecule has 0 aromatic carbocycles. The van der Waals surface area contributed by atoms with Crippen molar-refractivity contribution in [1.82, 2.24) is 20.8 Å². The molecule has 118 valence electrons. The first-order valence-corrected chi connectivity index (χ1v) is 8.06. The maximum atomic E-state index is 11.8. The number of hydrogen-bond donors (Lipinski definition) is 2. The highest BCUT2D eigenvalue weighted by molar-refractivity contribution is 5.75. The number of hydrogen-bond acceptors (Lipinski definition) is 5. The third-order valence-electron chi connectivity index (χ3n) is 3.77. The molecule has 1 unspecified atom stereocenters. The van der Waals surface area contributed by atoms with Crippen LogP contribution in [0, 0.1) is 5.92 Å². The minimum atomic E-state index is 0.119. The highest BCUT2D eigenvalue weighted by atomic mass is 16.5. The van der Waals surface area contributed by atoms with Gasteiger partial charge in [-0.25, -0.2) is 0 Å². The number of rotatable bonds is 8. The first-order chi connectivity index (χ1) is 10.3. The smallest absolute Gasteiger partial charge is 0.226 e. The molecule has 1 fully saturated rings. The maximum Gasteiger partial charge on any atom is 0.226 e. The van der Waals surface area contributed by atoms with Gasteiger partial charge >= 0.3 is 0 Å². The SMILES string of the molecule is CCCc1noc(CCCC(=O)NCC2CCCNC2)n1. The van der Waals surface area contributed by atoms with Crippen LogP contribution in [0.4, 0.5) is 0 Å². The van der Waals surface area contributed by atoms with Gasteiger partial charge in [0, 0.05) is 25.8 Å². The third-order valence-corrected chi connectivity index (χ3v) is 3.77. The molecular formula is C15H26N4O2. The predicted octanol–water partition coefficient (Wildman–Crippen LogP) is 1.46. The van der Waals surface area contributed by atoms with Crippen molar-refractivity contribution >= 4 is 5.91 Å². The first-order valence-electron chi connectivity index (χ1n) is 8.06. The van der Waals surface area contributed by atoms with Gasteiger partial charge in [-0.3, -0.25) is 4.79 Å². The second kappa shape index (κ2) is 8.77. The van der Waals surface area contributed by atoms with Gasteiger partial charge in [0.25, 0.3) is 0 Å². The molecule has 0 spiro atoms. The van der Waals surface area contributed by atoms with Crippen LogP contribution in [-0.2, 0) is 17.6 Å². The quantitative estimate of drug-likeness (QED) is 0.759. The summed E-state index contributed by atoms with van der Waals surface area (Å²) in [6.07, 6.45) is 6.22. The monoisotopic (exact) mass is 294 g/mol. The van der Waals surface area contributed by atoms with Crippen molar-refractivity contribution < 1.29 is 9.32 Å². The maximum absolute atomic E-state index is 11.8. The summed E-state index contributed by atoms with van der Waals surface area (Å²) in [6, 6.07) is 0. The summed E-state index contributed by atoms with van der Waals surface area (Å²) < 4.78 is 5.15. The lowest BCUT2D eigenvalue weighted by atomic mass is 10.00. The van der Waals surface area contributed by atoms with Gasteiger partial charge in [0.15, 0.2) is 5.82 Å². The molecule has 21 heavy (non-hydrogen) atoms. The fourth-order valence-corrected chi connectivity index (χ4v) is 2.56. The van der Waals surface area contributed by atoms with Crippen molar-refractivity contribution in [3.63, 3.8) is 0 Å². The van der Waals surface area contributed by atoms with Crippen molar-refractivity contribution in [2.45, 2.75) is 51.9 Å². The second-order valence-electron chi connectivity index (χ2n) is 5.72. The van der Waals surface area contributed by atoms with Crippen LogP contribution in [0.3, 0.4) is 0 Å². The molecule has 2 heterocycles. The minimum absolute atomic E-state index is 0.119.